The van der Waals surface area contributed by atoms with Crippen molar-refractivity contribution >= 4 is 15.9 Å². The molecule has 1 aromatic heterocycles. The highest BCUT2D eigenvalue weighted by atomic mass is 79.9. The van der Waals surface area contributed by atoms with Crippen LogP contribution in [0.2, 0.25) is 0 Å². The van der Waals surface area contributed by atoms with Gasteiger partial charge in [-0.15, -0.1) is 0 Å². The first-order valence-corrected chi connectivity index (χ1v) is 12.5. The number of ether oxygens (including phenoxy) is 2. The Labute approximate surface area is 198 Å². The Morgan fingerprint density at radius 2 is 1.78 bits per heavy atom. The molecule has 0 N–H and O–H groups in total. The van der Waals surface area contributed by atoms with Crippen LogP contribution >= 0.6 is 15.9 Å². The second kappa shape index (κ2) is 7.82. The van der Waals surface area contributed by atoms with Gasteiger partial charge in [0.05, 0.1) is 31.6 Å². The van der Waals surface area contributed by atoms with Crippen LogP contribution < -0.4 is 0 Å². The van der Waals surface area contributed by atoms with Gasteiger partial charge in [0, 0.05) is 22.2 Å². The summed E-state index contributed by atoms with van der Waals surface area (Å²) >= 11 is 3.56. The highest BCUT2D eigenvalue weighted by molar-refractivity contribution is 9.10. The second-order valence-corrected chi connectivity index (χ2v) is 10.5. The van der Waals surface area contributed by atoms with Gasteiger partial charge in [-0.25, -0.2) is 0 Å². The van der Waals surface area contributed by atoms with E-state index in [9.17, 15) is 0 Å². The van der Waals surface area contributed by atoms with Gasteiger partial charge in [0.25, 0.3) is 0 Å². The first kappa shape index (κ1) is 20.6. The molecule has 0 amide bonds. The molecule has 3 atom stereocenters. The third-order valence-corrected chi connectivity index (χ3v) is 8.70. The van der Waals surface area contributed by atoms with Crippen LogP contribution in [0.4, 0.5) is 0 Å². The zero-order valence-corrected chi connectivity index (χ0v) is 20.1. The van der Waals surface area contributed by atoms with Gasteiger partial charge in [-0.05, 0) is 54.0 Å². The van der Waals surface area contributed by atoms with Crippen LogP contribution in [0.3, 0.4) is 0 Å². The molecule has 3 aliphatic rings. The molecule has 4 nitrogen and oxygen atoms in total. The molecule has 0 radical (unpaired) electrons. The number of nitrogens with zero attached hydrogens (tertiary/aromatic N) is 2. The predicted octanol–water partition coefficient (Wildman–Crippen LogP) is 5.72. The average Bonchev–Trinajstić information content (AvgIpc) is 3.47. The van der Waals surface area contributed by atoms with Crippen molar-refractivity contribution in [2.45, 2.75) is 50.4 Å². The first-order chi connectivity index (χ1) is 15.6. The zero-order chi connectivity index (χ0) is 21.8. The van der Waals surface area contributed by atoms with E-state index < -0.39 is 5.79 Å². The maximum absolute atomic E-state index is 6.28. The molecule has 2 fully saturated rings. The molecule has 2 aromatic carbocycles. The molecular formula is C27H29BrN2O2. The fourth-order valence-corrected chi connectivity index (χ4v) is 7.00. The van der Waals surface area contributed by atoms with Gasteiger partial charge in [0.1, 0.15) is 0 Å². The van der Waals surface area contributed by atoms with E-state index in [0.29, 0.717) is 25.0 Å². The van der Waals surface area contributed by atoms with E-state index in [4.69, 9.17) is 14.6 Å². The normalized spacial score (nSPS) is 28.4. The van der Waals surface area contributed by atoms with Gasteiger partial charge in [-0.3, -0.25) is 4.68 Å². The lowest BCUT2D eigenvalue weighted by Gasteiger charge is -2.56. The Kier molecular flexibility index (Phi) is 5.05. The monoisotopic (exact) mass is 492 g/mol. The van der Waals surface area contributed by atoms with Crippen LogP contribution in [-0.4, -0.2) is 28.8 Å². The van der Waals surface area contributed by atoms with E-state index in [1.165, 1.54) is 22.4 Å². The van der Waals surface area contributed by atoms with Crippen LogP contribution in [0.15, 0.2) is 65.3 Å². The lowest BCUT2D eigenvalue weighted by atomic mass is 9.52. The molecule has 1 spiro atoms. The van der Waals surface area contributed by atoms with Crippen molar-refractivity contribution in [3.05, 3.63) is 87.7 Å². The number of halogens is 1. The molecule has 0 bridgehead atoms. The quantitative estimate of drug-likeness (QED) is 0.469. The number of aryl methyl sites for hydroxylation is 1. The molecule has 0 unspecified atom stereocenters. The summed E-state index contributed by atoms with van der Waals surface area (Å²) in [7, 11) is 0. The minimum Gasteiger partial charge on any atom is -0.347 e. The molecule has 166 valence electrons. The molecule has 2 heterocycles. The number of hydrogen-bond acceptors (Lipinski definition) is 3. The lowest BCUT2D eigenvalue weighted by molar-refractivity contribution is -0.233. The third kappa shape index (κ3) is 3.05. The highest BCUT2D eigenvalue weighted by Gasteiger charge is 2.60. The van der Waals surface area contributed by atoms with E-state index in [1.807, 2.05) is 0 Å². The minimum atomic E-state index is -0.420. The van der Waals surface area contributed by atoms with Crippen LogP contribution in [-0.2, 0) is 27.9 Å². The number of rotatable bonds is 3. The maximum Gasteiger partial charge on any atom is 0.171 e. The Hall–Kier alpha value is -1.95. The minimum absolute atomic E-state index is 0.0688. The Morgan fingerprint density at radius 3 is 2.53 bits per heavy atom. The molecule has 3 aromatic rings. The summed E-state index contributed by atoms with van der Waals surface area (Å²) in [6.07, 6.45) is 6.26. The summed E-state index contributed by atoms with van der Waals surface area (Å²) in [6, 6.07) is 19.7. The fraction of sp³-hybridized carbons (Fsp3) is 0.444. The maximum atomic E-state index is 6.28. The van der Waals surface area contributed by atoms with Gasteiger partial charge >= 0.3 is 0 Å². The van der Waals surface area contributed by atoms with Crippen LogP contribution in [0, 0.1) is 11.8 Å². The largest absolute Gasteiger partial charge is 0.347 e. The Morgan fingerprint density at radius 1 is 1.03 bits per heavy atom. The van der Waals surface area contributed by atoms with Gasteiger partial charge in [-0.1, -0.05) is 65.3 Å². The predicted molar refractivity (Wildman–Crippen MR) is 128 cm³/mol. The van der Waals surface area contributed by atoms with Crippen LogP contribution in [0.5, 0.6) is 0 Å². The second-order valence-electron chi connectivity index (χ2n) is 9.58. The average molecular weight is 493 g/mol. The fourth-order valence-electron chi connectivity index (χ4n) is 6.73. The van der Waals surface area contributed by atoms with E-state index in [1.54, 1.807) is 0 Å². The Balaban J connectivity index is 1.49. The zero-order valence-electron chi connectivity index (χ0n) is 18.5. The van der Waals surface area contributed by atoms with E-state index in [2.05, 4.69) is 88.3 Å². The molecule has 1 saturated carbocycles. The van der Waals surface area contributed by atoms with E-state index in [-0.39, 0.29) is 5.41 Å². The summed E-state index contributed by atoms with van der Waals surface area (Å²) in [5, 5.41) is 4.93. The number of benzene rings is 2. The SMILES string of the molecule is C[C@H]1[C@@H]2CCc3cnn(Cc4ccc(Br)cc4)c3[C@@]2(c2ccccc2)CCC12OCCO2. The van der Waals surface area contributed by atoms with Gasteiger partial charge in [0.2, 0.25) is 0 Å². The molecule has 5 heteroatoms. The van der Waals surface area contributed by atoms with Crippen molar-refractivity contribution in [3.8, 4) is 0 Å². The van der Waals surface area contributed by atoms with Gasteiger partial charge in [-0.2, -0.15) is 5.10 Å². The molecule has 6 rings (SSSR count). The topological polar surface area (TPSA) is 36.3 Å². The first-order valence-electron chi connectivity index (χ1n) is 11.8. The number of aromatic nitrogens is 2. The van der Waals surface area contributed by atoms with Gasteiger partial charge in [0.15, 0.2) is 5.79 Å². The van der Waals surface area contributed by atoms with Crippen molar-refractivity contribution < 1.29 is 9.47 Å². The third-order valence-electron chi connectivity index (χ3n) is 8.17. The highest BCUT2D eigenvalue weighted by Crippen LogP contribution is 2.59. The van der Waals surface area contributed by atoms with Crippen molar-refractivity contribution in [1.29, 1.82) is 0 Å². The molecule has 2 aliphatic carbocycles. The van der Waals surface area contributed by atoms with Crippen molar-refractivity contribution in [1.82, 2.24) is 9.78 Å². The smallest absolute Gasteiger partial charge is 0.171 e. The Bertz CT molecular complexity index is 1100. The molecular weight excluding hydrogens is 464 g/mol. The van der Waals surface area contributed by atoms with Gasteiger partial charge < -0.3 is 9.47 Å². The van der Waals surface area contributed by atoms with E-state index in [0.717, 1.165) is 36.7 Å². The summed E-state index contributed by atoms with van der Waals surface area (Å²) in [4.78, 5) is 0. The summed E-state index contributed by atoms with van der Waals surface area (Å²) in [5.41, 5.74) is 5.41. The molecule has 32 heavy (non-hydrogen) atoms. The van der Waals surface area contributed by atoms with Crippen LogP contribution in [0.25, 0.3) is 0 Å². The molecule has 1 saturated heterocycles. The molecule has 1 aliphatic heterocycles. The van der Waals surface area contributed by atoms with Crippen molar-refractivity contribution in [2.75, 3.05) is 13.2 Å². The number of fused-ring (bicyclic) bond motifs is 3. The lowest BCUT2D eigenvalue weighted by Crippen LogP contribution is -2.57. The van der Waals surface area contributed by atoms with Crippen LogP contribution in [0.1, 0.15) is 48.6 Å². The summed E-state index contributed by atoms with van der Waals surface area (Å²) in [6.45, 7) is 4.56. The van der Waals surface area contributed by atoms with Crippen molar-refractivity contribution in [2.24, 2.45) is 11.8 Å². The summed E-state index contributed by atoms with van der Waals surface area (Å²) < 4.78 is 15.9. The standard InChI is InChI=1S/C27H29BrN2O2/c1-19-24-12-9-21-17-29-30(18-20-7-10-23(28)11-8-20)25(21)26(24,22-5-3-2-4-6-22)13-14-27(19)31-15-16-32-27/h2-8,10-11,17,19,24H,9,12-16,18H2,1H3/t19-,24-,26+/m0/s1. The number of hydrogen-bond donors (Lipinski definition) is 0. The van der Waals surface area contributed by atoms with E-state index >= 15 is 0 Å². The van der Waals surface area contributed by atoms with Crippen molar-refractivity contribution in [3.63, 3.8) is 0 Å². The summed E-state index contributed by atoms with van der Waals surface area (Å²) in [5.74, 6) is 0.351.